The lowest BCUT2D eigenvalue weighted by Crippen LogP contribution is -2.13. The Morgan fingerprint density at radius 1 is 1.40 bits per heavy atom. The van der Waals surface area contributed by atoms with Crippen LogP contribution in [-0.4, -0.2) is 37.9 Å². The largest absolute Gasteiger partial charge is 0.481 e. The first-order valence-corrected chi connectivity index (χ1v) is 7.75. The number of nitrogens with one attached hydrogen (secondary N) is 1. The Labute approximate surface area is 130 Å². The molecule has 2 rings (SSSR count). The first-order valence-electron chi connectivity index (χ1n) is 5.15. The lowest BCUT2D eigenvalue weighted by molar-refractivity contribution is -0.133. The molecule has 0 radical (unpaired) electrons. The predicted molar refractivity (Wildman–Crippen MR) is 78.2 cm³/mol. The molecule has 0 unspecified atom stereocenters. The summed E-state index contributed by atoms with van der Waals surface area (Å²) in [4.78, 5) is 26.2. The van der Waals surface area contributed by atoms with Gasteiger partial charge < -0.3 is 5.11 Å². The van der Waals surface area contributed by atoms with Crippen molar-refractivity contribution in [3.05, 3.63) is 28.5 Å². The van der Waals surface area contributed by atoms with E-state index in [0.29, 0.717) is 9.47 Å². The average molecular weight is 375 g/mol. The number of carboxylic acids is 1. The fourth-order valence-electron chi connectivity index (χ4n) is 1.11. The van der Waals surface area contributed by atoms with Gasteiger partial charge in [-0.05, 0) is 28.1 Å². The number of hydrogen-bond donors (Lipinski definition) is 2. The maximum atomic E-state index is 11.8. The number of aliphatic carboxylic acids is 1. The van der Waals surface area contributed by atoms with Gasteiger partial charge in [0.15, 0.2) is 4.34 Å². The Bertz CT molecular complexity index is 632. The molecule has 20 heavy (non-hydrogen) atoms. The molecule has 2 aromatic heterocycles. The molecule has 1 amide bonds. The number of thioether (sulfide) groups is 1. The second-order valence-corrected chi connectivity index (χ2v) is 6.49. The number of carbonyl (C=O) groups excluding carboxylic acids is 1. The van der Waals surface area contributed by atoms with Gasteiger partial charge in [-0.25, -0.2) is 4.98 Å². The molecule has 0 saturated heterocycles. The number of carbonyl (C=O) groups is 2. The molecule has 0 aliphatic rings. The van der Waals surface area contributed by atoms with E-state index >= 15 is 0 Å². The third kappa shape index (κ3) is 4.25. The van der Waals surface area contributed by atoms with Crippen molar-refractivity contribution in [3.63, 3.8) is 0 Å². The lowest BCUT2D eigenvalue weighted by Gasteiger charge is -1.99. The summed E-state index contributed by atoms with van der Waals surface area (Å²) in [5.74, 6) is -1.44. The molecule has 0 aromatic carbocycles. The number of anilines is 1. The highest BCUT2D eigenvalue weighted by atomic mass is 79.9. The first-order chi connectivity index (χ1) is 9.54. The van der Waals surface area contributed by atoms with Crippen molar-refractivity contribution >= 4 is 56.0 Å². The van der Waals surface area contributed by atoms with Gasteiger partial charge in [0.05, 0.1) is 5.75 Å². The van der Waals surface area contributed by atoms with Gasteiger partial charge in [0.1, 0.15) is 5.69 Å². The summed E-state index contributed by atoms with van der Waals surface area (Å²) in [5.41, 5.74) is 0.253. The minimum atomic E-state index is -0.935. The maximum Gasteiger partial charge on any atom is 0.313 e. The smallest absolute Gasteiger partial charge is 0.313 e. The summed E-state index contributed by atoms with van der Waals surface area (Å²) in [7, 11) is 0. The predicted octanol–water partition coefficient (Wildman–Crippen LogP) is 2.12. The third-order valence-electron chi connectivity index (χ3n) is 1.91. The number of amides is 1. The van der Waals surface area contributed by atoms with Crippen molar-refractivity contribution in [3.8, 4) is 0 Å². The normalized spacial score (nSPS) is 10.2. The second-order valence-electron chi connectivity index (χ2n) is 3.37. The zero-order chi connectivity index (χ0) is 14.5. The van der Waals surface area contributed by atoms with E-state index in [0.717, 1.165) is 27.6 Å². The highest BCUT2D eigenvalue weighted by Gasteiger charge is 2.12. The maximum absolute atomic E-state index is 11.8. The van der Waals surface area contributed by atoms with E-state index in [2.05, 4.69) is 36.4 Å². The number of nitrogens with zero attached hydrogens (tertiary/aromatic N) is 3. The molecule has 0 spiro atoms. The van der Waals surface area contributed by atoms with Crippen molar-refractivity contribution in [2.24, 2.45) is 0 Å². The number of pyridine rings is 1. The minimum absolute atomic E-state index is 0.100. The third-order valence-corrected chi connectivity index (χ3v) is 4.33. The molecular formula is C10H7BrN4O3S2. The summed E-state index contributed by atoms with van der Waals surface area (Å²) in [6, 6.07) is 3.27. The van der Waals surface area contributed by atoms with Gasteiger partial charge in [-0.15, -0.1) is 10.2 Å². The van der Waals surface area contributed by atoms with Gasteiger partial charge in [-0.3, -0.25) is 14.9 Å². The Kier molecular flexibility index (Phi) is 5.04. The van der Waals surface area contributed by atoms with Crippen LogP contribution in [0.15, 0.2) is 27.1 Å². The zero-order valence-corrected chi connectivity index (χ0v) is 13.0. The van der Waals surface area contributed by atoms with E-state index in [9.17, 15) is 9.59 Å². The molecule has 7 nitrogen and oxygen atoms in total. The molecule has 2 heterocycles. The first kappa shape index (κ1) is 14.9. The van der Waals surface area contributed by atoms with E-state index in [4.69, 9.17) is 5.11 Å². The number of aromatic nitrogens is 3. The van der Waals surface area contributed by atoms with Crippen LogP contribution in [0.3, 0.4) is 0 Å². The minimum Gasteiger partial charge on any atom is -0.481 e. The molecular weight excluding hydrogens is 368 g/mol. The van der Waals surface area contributed by atoms with Crippen LogP contribution >= 0.6 is 39.0 Å². The standard InChI is InChI=1S/C10H7BrN4O3S2/c11-5-1-2-6(12-3-5)8(18)13-9-14-15-10(20-9)19-4-7(16)17/h1-3H,4H2,(H,16,17)(H,13,14,18). The van der Waals surface area contributed by atoms with Crippen molar-refractivity contribution < 1.29 is 14.7 Å². The van der Waals surface area contributed by atoms with Crippen molar-refractivity contribution in [2.75, 3.05) is 11.1 Å². The van der Waals surface area contributed by atoms with E-state index in [1.807, 2.05) is 0 Å². The summed E-state index contributed by atoms with van der Waals surface area (Å²) < 4.78 is 1.25. The second kappa shape index (κ2) is 6.77. The van der Waals surface area contributed by atoms with Gasteiger partial charge >= 0.3 is 5.97 Å². The van der Waals surface area contributed by atoms with E-state index in [1.54, 1.807) is 12.1 Å². The van der Waals surface area contributed by atoms with E-state index < -0.39 is 11.9 Å². The van der Waals surface area contributed by atoms with E-state index in [-0.39, 0.29) is 11.4 Å². The molecule has 0 saturated carbocycles. The number of carboxylic acid groups (broad SMARTS) is 1. The summed E-state index contributed by atoms with van der Waals surface area (Å²) >= 11 is 5.38. The van der Waals surface area contributed by atoms with Crippen LogP contribution in [0.1, 0.15) is 10.5 Å². The Morgan fingerprint density at radius 2 is 2.20 bits per heavy atom. The SMILES string of the molecule is O=C(O)CSc1nnc(NC(=O)c2ccc(Br)cn2)s1. The van der Waals surface area contributed by atoms with Crippen molar-refractivity contribution in [1.82, 2.24) is 15.2 Å². The topological polar surface area (TPSA) is 105 Å². The van der Waals surface area contributed by atoms with Crippen LogP contribution in [0.5, 0.6) is 0 Å². The highest BCUT2D eigenvalue weighted by molar-refractivity contribution is 9.10. The quantitative estimate of drug-likeness (QED) is 0.609. The number of halogens is 1. The molecule has 104 valence electrons. The number of rotatable bonds is 5. The van der Waals surface area contributed by atoms with Gasteiger partial charge in [0.25, 0.3) is 5.91 Å². The Morgan fingerprint density at radius 3 is 2.85 bits per heavy atom. The van der Waals surface area contributed by atoms with Gasteiger partial charge in [0.2, 0.25) is 5.13 Å². The Balaban J connectivity index is 1.97. The molecule has 0 aliphatic heterocycles. The van der Waals surface area contributed by atoms with Gasteiger partial charge in [-0.2, -0.15) is 0 Å². The lowest BCUT2D eigenvalue weighted by atomic mass is 10.3. The molecule has 2 aromatic rings. The molecule has 2 N–H and O–H groups in total. The van der Waals surface area contributed by atoms with Crippen LogP contribution in [0, 0.1) is 0 Å². The average Bonchev–Trinajstić information content (AvgIpc) is 2.84. The fourth-order valence-corrected chi connectivity index (χ4v) is 2.82. The van der Waals surface area contributed by atoms with Gasteiger partial charge in [-0.1, -0.05) is 23.1 Å². The van der Waals surface area contributed by atoms with Gasteiger partial charge in [0, 0.05) is 10.7 Å². The van der Waals surface area contributed by atoms with Crippen LogP contribution in [0.2, 0.25) is 0 Å². The van der Waals surface area contributed by atoms with Crippen LogP contribution < -0.4 is 5.32 Å². The summed E-state index contributed by atoms with van der Waals surface area (Å²) in [5, 5.41) is 18.9. The molecule has 0 atom stereocenters. The monoisotopic (exact) mass is 374 g/mol. The fraction of sp³-hybridized carbons (Fsp3) is 0.100. The number of hydrogen-bond acceptors (Lipinski definition) is 7. The van der Waals surface area contributed by atoms with Crippen molar-refractivity contribution in [2.45, 2.75) is 4.34 Å². The summed E-state index contributed by atoms with van der Waals surface area (Å²) in [6.45, 7) is 0. The highest BCUT2D eigenvalue weighted by Crippen LogP contribution is 2.25. The molecule has 0 aliphatic carbocycles. The molecule has 0 fully saturated rings. The van der Waals surface area contributed by atoms with Crippen LogP contribution in [0.4, 0.5) is 5.13 Å². The molecule has 10 heteroatoms. The zero-order valence-electron chi connectivity index (χ0n) is 9.74. The van der Waals surface area contributed by atoms with E-state index in [1.165, 1.54) is 6.20 Å². The molecule has 0 bridgehead atoms. The van der Waals surface area contributed by atoms with Crippen LogP contribution in [-0.2, 0) is 4.79 Å². The van der Waals surface area contributed by atoms with Crippen molar-refractivity contribution in [1.29, 1.82) is 0 Å². The summed E-state index contributed by atoms with van der Waals surface area (Å²) in [6.07, 6.45) is 1.52. The van der Waals surface area contributed by atoms with Crippen LogP contribution in [0.25, 0.3) is 0 Å². The Hall–Kier alpha value is -1.52.